The SMILES string of the molecule is CCC(O)(CC)CNC(=O)CC(CN)OC. The summed E-state index contributed by atoms with van der Waals surface area (Å²) in [4.78, 5) is 11.5. The van der Waals surface area contributed by atoms with Gasteiger partial charge in [0.25, 0.3) is 0 Å². The van der Waals surface area contributed by atoms with E-state index in [-0.39, 0.29) is 25.0 Å². The molecule has 0 fully saturated rings. The lowest BCUT2D eigenvalue weighted by atomic mass is 9.97. The van der Waals surface area contributed by atoms with Crippen molar-refractivity contribution in [3.63, 3.8) is 0 Å². The van der Waals surface area contributed by atoms with Gasteiger partial charge in [0.05, 0.1) is 18.1 Å². The summed E-state index contributed by atoms with van der Waals surface area (Å²) in [6.07, 6.45) is 1.22. The van der Waals surface area contributed by atoms with Crippen LogP contribution >= 0.6 is 0 Å². The molecule has 0 heterocycles. The molecule has 0 aliphatic heterocycles. The molecule has 0 aromatic rings. The molecule has 1 atom stereocenters. The first kappa shape index (κ1) is 15.3. The molecule has 0 aromatic carbocycles. The third-order valence-electron chi connectivity index (χ3n) is 2.94. The molecule has 0 aromatic heterocycles. The van der Waals surface area contributed by atoms with Crippen LogP contribution in [0.2, 0.25) is 0 Å². The third-order valence-corrected chi connectivity index (χ3v) is 2.94. The van der Waals surface area contributed by atoms with Crippen LogP contribution in [0.3, 0.4) is 0 Å². The predicted molar refractivity (Wildman–Crippen MR) is 63.0 cm³/mol. The van der Waals surface area contributed by atoms with Gasteiger partial charge in [-0.25, -0.2) is 0 Å². The molecule has 0 rings (SSSR count). The van der Waals surface area contributed by atoms with E-state index in [0.717, 1.165) is 0 Å². The van der Waals surface area contributed by atoms with Gasteiger partial charge in [-0.05, 0) is 12.8 Å². The summed E-state index contributed by atoms with van der Waals surface area (Å²) in [6.45, 7) is 4.39. The minimum atomic E-state index is -0.805. The second-order valence-electron chi connectivity index (χ2n) is 4.01. The first-order chi connectivity index (χ1) is 7.51. The number of nitrogens with one attached hydrogen (secondary N) is 1. The Kier molecular flexibility index (Phi) is 7.29. The molecule has 0 spiro atoms. The summed E-state index contributed by atoms with van der Waals surface area (Å²) >= 11 is 0. The summed E-state index contributed by atoms with van der Waals surface area (Å²) in [5.41, 5.74) is 4.61. The normalized spacial score (nSPS) is 13.6. The molecule has 4 N–H and O–H groups in total. The van der Waals surface area contributed by atoms with Gasteiger partial charge in [-0.1, -0.05) is 13.8 Å². The smallest absolute Gasteiger partial charge is 0.222 e. The van der Waals surface area contributed by atoms with E-state index >= 15 is 0 Å². The standard InChI is InChI=1S/C11H24N2O3/c1-4-11(15,5-2)8-13-10(14)6-9(7-12)16-3/h9,15H,4-8,12H2,1-3H3,(H,13,14). The van der Waals surface area contributed by atoms with Gasteiger partial charge in [-0.3, -0.25) is 4.79 Å². The van der Waals surface area contributed by atoms with Crippen molar-refractivity contribution in [2.75, 3.05) is 20.2 Å². The lowest BCUT2D eigenvalue weighted by Crippen LogP contribution is -2.43. The number of aliphatic hydroxyl groups is 1. The van der Waals surface area contributed by atoms with Crippen molar-refractivity contribution < 1.29 is 14.6 Å². The molecule has 0 radical (unpaired) electrons. The van der Waals surface area contributed by atoms with Crippen LogP contribution in [0, 0.1) is 0 Å². The monoisotopic (exact) mass is 232 g/mol. The number of ether oxygens (including phenoxy) is 1. The zero-order valence-electron chi connectivity index (χ0n) is 10.5. The molecule has 0 bridgehead atoms. The zero-order valence-corrected chi connectivity index (χ0v) is 10.5. The maximum atomic E-state index is 11.5. The maximum Gasteiger partial charge on any atom is 0.222 e. The van der Waals surface area contributed by atoms with Crippen molar-refractivity contribution in [2.24, 2.45) is 5.73 Å². The Morgan fingerprint density at radius 1 is 1.50 bits per heavy atom. The van der Waals surface area contributed by atoms with Gasteiger partial charge < -0.3 is 20.9 Å². The van der Waals surface area contributed by atoms with Crippen molar-refractivity contribution in [1.29, 1.82) is 0 Å². The van der Waals surface area contributed by atoms with E-state index in [9.17, 15) is 9.90 Å². The average molecular weight is 232 g/mol. The highest BCUT2D eigenvalue weighted by atomic mass is 16.5. The number of rotatable bonds is 8. The molecule has 16 heavy (non-hydrogen) atoms. The predicted octanol–water partition coefficient (Wildman–Crippen LogP) is 0.0175. The molecule has 5 nitrogen and oxygen atoms in total. The topological polar surface area (TPSA) is 84.6 Å². The van der Waals surface area contributed by atoms with E-state index in [4.69, 9.17) is 10.5 Å². The fourth-order valence-electron chi connectivity index (χ4n) is 1.30. The van der Waals surface area contributed by atoms with Gasteiger partial charge in [0.2, 0.25) is 5.91 Å². The van der Waals surface area contributed by atoms with Crippen LogP contribution in [0.25, 0.3) is 0 Å². The van der Waals surface area contributed by atoms with Gasteiger partial charge in [0, 0.05) is 20.2 Å². The number of methoxy groups -OCH3 is 1. The van der Waals surface area contributed by atoms with E-state index in [1.54, 1.807) is 0 Å². The summed E-state index contributed by atoms with van der Waals surface area (Å²) in [7, 11) is 1.53. The van der Waals surface area contributed by atoms with Gasteiger partial charge in [-0.2, -0.15) is 0 Å². The molecule has 96 valence electrons. The molecule has 5 heteroatoms. The number of hydrogen-bond donors (Lipinski definition) is 3. The number of carbonyl (C=O) groups excluding carboxylic acids is 1. The summed E-state index contributed by atoms with van der Waals surface area (Å²) < 4.78 is 5.01. The van der Waals surface area contributed by atoms with Crippen LogP contribution < -0.4 is 11.1 Å². The molecule has 0 aliphatic carbocycles. The Balaban J connectivity index is 3.97. The van der Waals surface area contributed by atoms with E-state index in [2.05, 4.69) is 5.32 Å². The number of carbonyl (C=O) groups is 1. The van der Waals surface area contributed by atoms with E-state index in [1.807, 2.05) is 13.8 Å². The fraction of sp³-hybridized carbons (Fsp3) is 0.909. The Morgan fingerprint density at radius 2 is 2.06 bits per heavy atom. The minimum Gasteiger partial charge on any atom is -0.388 e. The van der Waals surface area contributed by atoms with Crippen molar-refractivity contribution in [2.45, 2.75) is 44.8 Å². The Hall–Kier alpha value is -0.650. The highest BCUT2D eigenvalue weighted by molar-refractivity contribution is 5.76. The molecular formula is C11H24N2O3. The average Bonchev–Trinajstić information content (AvgIpc) is 2.33. The summed E-state index contributed by atoms with van der Waals surface area (Å²) in [5.74, 6) is -0.141. The Morgan fingerprint density at radius 3 is 2.44 bits per heavy atom. The molecule has 0 aliphatic rings. The highest BCUT2D eigenvalue weighted by Crippen LogP contribution is 2.12. The van der Waals surface area contributed by atoms with Crippen LogP contribution in [0.15, 0.2) is 0 Å². The van der Waals surface area contributed by atoms with Gasteiger partial charge >= 0.3 is 0 Å². The van der Waals surface area contributed by atoms with Crippen molar-refractivity contribution >= 4 is 5.91 Å². The fourth-order valence-corrected chi connectivity index (χ4v) is 1.30. The van der Waals surface area contributed by atoms with Crippen molar-refractivity contribution in [1.82, 2.24) is 5.32 Å². The second kappa shape index (κ2) is 7.60. The lowest BCUT2D eigenvalue weighted by Gasteiger charge is -2.25. The molecular weight excluding hydrogens is 208 g/mol. The first-order valence-corrected chi connectivity index (χ1v) is 5.73. The van der Waals surface area contributed by atoms with Gasteiger partial charge in [-0.15, -0.1) is 0 Å². The summed E-state index contributed by atoms with van der Waals surface area (Å²) in [6, 6.07) is 0. The first-order valence-electron chi connectivity index (χ1n) is 5.73. The van der Waals surface area contributed by atoms with Gasteiger partial charge in [0.1, 0.15) is 0 Å². The zero-order chi connectivity index (χ0) is 12.6. The minimum absolute atomic E-state index is 0.141. The third kappa shape index (κ3) is 5.44. The Labute approximate surface area is 97.3 Å². The second-order valence-corrected chi connectivity index (χ2v) is 4.01. The summed E-state index contributed by atoms with van der Waals surface area (Å²) in [5, 5.41) is 12.7. The van der Waals surface area contributed by atoms with E-state index < -0.39 is 5.60 Å². The van der Waals surface area contributed by atoms with Crippen LogP contribution in [0.1, 0.15) is 33.1 Å². The number of amides is 1. The van der Waals surface area contributed by atoms with Crippen LogP contribution in [0.4, 0.5) is 0 Å². The maximum absolute atomic E-state index is 11.5. The van der Waals surface area contributed by atoms with Crippen LogP contribution in [-0.2, 0) is 9.53 Å². The molecule has 1 unspecified atom stereocenters. The van der Waals surface area contributed by atoms with Gasteiger partial charge in [0.15, 0.2) is 0 Å². The highest BCUT2D eigenvalue weighted by Gasteiger charge is 2.23. The van der Waals surface area contributed by atoms with Crippen LogP contribution in [0.5, 0.6) is 0 Å². The quantitative estimate of drug-likeness (QED) is 0.550. The largest absolute Gasteiger partial charge is 0.388 e. The number of hydrogen-bond acceptors (Lipinski definition) is 4. The van der Waals surface area contributed by atoms with Crippen molar-refractivity contribution in [3.8, 4) is 0 Å². The number of nitrogens with two attached hydrogens (primary N) is 1. The molecule has 1 amide bonds. The molecule has 0 saturated heterocycles. The lowest BCUT2D eigenvalue weighted by molar-refractivity contribution is -0.124. The molecule has 0 saturated carbocycles. The Bertz CT molecular complexity index is 201. The van der Waals surface area contributed by atoms with Crippen molar-refractivity contribution in [3.05, 3.63) is 0 Å². The van der Waals surface area contributed by atoms with Crippen LogP contribution in [-0.4, -0.2) is 42.9 Å². The van der Waals surface area contributed by atoms with E-state index in [0.29, 0.717) is 19.4 Å². The van der Waals surface area contributed by atoms with E-state index in [1.165, 1.54) is 7.11 Å².